The first kappa shape index (κ1) is 20.8. The minimum atomic E-state index is -0.539. The SMILES string of the molecule is O=C(CNC(=O)c1ccc(=O)n(CCOc2ccccc2)n1)NCc1ccccc1. The minimum Gasteiger partial charge on any atom is -0.492 e. The normalized spacial score (nSPS) is 10.3. The molecular formula is C22H22N4O4. The summed E-state index contributed by atoms with van der Waals surface area (Å²) in [6.45, 7) is 0.597. The number of aromatic nitrogens is 2. The van der Waals surface area contributed by atoms with Crippen molar-refractivity contribution in [2.75, 3.05) is 13.2 Å². The highest BCUT2D eigenvalue weighted by Crippen LogP contribution is 2.07. The largest absolute Gasteiger partial charge is 0.492 e. The van der Waals surface area contributed by atoms with Gasteiger partial charge in [-0.2, -0.15) is 5.10 Å². The van der Waals surface area contributed by atoms with Crippen LogP contribution in [-0.2, 0) is 17.9 Å². The summed E-state index contributed by atoms with van der Waals surface area (Å²) in [5, 5.41) is 9.28. The number of amides is 2. The van der Waals surface area contributed by atoms with Crippen molar-refractivity contribution in [1.82, 2.24) is 20.4 Å². The summed E-state index contributed by atoms with van der Waals surface area (Å²) in [4.78, 5) is 36.2. The zero-order valence-corrected chi connectivity index (χ0v) is 16.3. The fourth-order valence-corrected chi connectivity index (χ4v) is 2.61. The second-order valence-corrected chi connectivity index (χ2v) is 6.39. The average Bonchev–Trinajstić information content (AvgIpc) is 2.78. The van der Waals surface area contributed by atoms with E-state index < -0.39 is 5.91 Å². The molecule has 3 rings (SSSR count). The molecule has 1 heterocycles. The maximum absolute atomic E-state index is 12.3. The third-order valence-electron chi connectivity index (χ3n) is 4.16. The zero-order chi connectivity index (χ0) is 21.2. The van der Waals surface area contributed by atoms with Gasteiger partial charge in [-0.15, -0.1) is 0 Å². The molecule has 0 saturated heterocycles. The Kier molecular flexibility index (Phi) is 7.32. The Hall–Kier alpha value is -3.94. The standard InChI is InChI=1S/C22H22N4O4/c27-20(23-15-17-7-3-1-4-8-17)16-24-22(29)19-11-12-21(28)26(25-19)13-14-30-18-9-5-2-6-10-18/h1-12H,13-16H2,(H,23,27)(H,24,29). The van der Waals surface area contributed by atoms with Gasteiger partial charge in [-0.05, 0) is 23.8 Å². The predicted octanol–water partition coefficient (Wildman–Crippen LogP) is 1.37. The molecule has 0 atom stereocenters. The number of benzene rings is 2. The van der Waals surface area contributed by atoms with Crippen molar-refractivity contribution in [3.63, 3.8) is 0 Å². The number of nitrogens with zero attached hydrogens (tertiary/aromatic N) is 2. The smallest absolute Gasteiger partial charge is 0.272 e. The first-order valence-corrected chi connectivity index (χ1v) is 9.46. The van der Waals surface area contributed by atoms with Crippen molar-refractivity contribution in [2.24, 2.45) is 0 Å². The number of rotatable bonds is 9. The van der Waals surface area contributed by atoms with Crippen molar-refractivity contribution >= 4 is 11.8 Å². The molecule has 154 valence electrons. The number of nitrogens with one attached hydrogen (secondary N) is 2. The Morgan fingerprint density at radius 3 is 2.33 bits per heavy atom. The minimum absolute atomic E-state index is 0.0465. The maximum Gasteiger partial charge on any atom is 0.272 e. The molecule has 0 aliphatic carbocycles. The number of ether oxygens (including phenoxy) is 1. The molecular weight excluding hydrogens is 384 g/mol. The van der Waals surface area contributed by atoms with Crippen LogP contribution in [0.2, 0.25) is 0 Å². The van der Waals surface area contributed by atoms with Crippen molar-refractivity contribution in [3.8, 4) is 5.75 Å². The Balaban J connectivity index is 1.48. The highest BCUT2D eigenvalue weighted by Gasteiger charge is 2.11. The predicted molar refractivity (Wildman–Crippen MR) is 111 cm³/mol. The van der Waals surface area contributed by atoms with Crippen LogP contribution in [-0.4, -0.2) is 34.7 Å². The van der Waals surface area contributed by atoms with Crippen molar-refractivity contribution in [1.29, 1.82) is 0 Å². The van der Waals surface area contributed by atoms with Gasteiger partial charge >= 0.3 is 0 Å². The molecule has 2 amide bonds. The van der Waals surface area contributed by atoms with E-state index in [9.17, 15) is 14.4 Å². The molecule has 2 N–H and O–H groups in total. The summed E-state index contributed by atoms with van der Waals surface area (Å²) < 4.78 is 6.71. The van der Waals surface area contributed by atoms with E-state index in [0.29, 0.717) is 12.3 Å². The zero-order valence-electron chi connectivity index (χ0n) is 16.3. The van der Waals surface area contributed by atoms with E-state index in [2.05, 4.69) is 15.7 Å². The third-order valence-corrected chi connectivity index (χ3v) is 4.16. The molecule has 8 heteroatoms. The Labute approximate surface area is 173 Å². The van der Waals surface area contributed by atoms with Crippen LogP contribution in [0.5, 0.6) is 5.75 Å². The molecule has 0 saturated carbocycles. The van der Waals surface area contributed by atoms with Crippen LogP contribution in [0.4, 0.5) is 0 Å². The second kappa shape index (κ2) is 10.6. The Morgan fingerprint density at radius 1 is 0.900 bits per heavy atom. The molecule has 0 fully saturated rings. The van der Waals surface area contributed by atoms with E-state index in [1.807, 2.05) is 60.7 Å². The lowest BCUT2D eigenvalue weighted by molar-refractivity contribution is -0.120. The van der Waals surface area contributed by atoms with Gasteiger partial charge < -0.3 is 15.4 Å². The van der Waals surface area contributed by atoms with Gasteiger partial charge in [0.1, 0.15) is 18.1 Å². The number of carbonyl (C=O) groups is 2. The van der Waals surface area contributed by atoms with Crippen LogP contribution >= 0.6 is 0 Å². The number of hydrogen-bond acceptors (Lipinski definition) is 5. The van der Waals surface area contributed by atoms with E-state index in [4.69, 9.17) is 4.74 Å². The molecule has 0 aliphatic heterocycles. The molecule has 1 aromatic heterocycles. The van der Waals surface area contributed by atoms with Crippen LogP contribution in [0.25, 0.3) is 0 Å². The van der Waals surface area contributed by atoms with Gasteiger partial charge in [0.15, 0.2) is 0 Å². The number of carbonyl (C=O) groups excluding carboxylic acids is 2. The molecule has 0 radical (unpaired) electrons. The fraction of sp³-hybridized carbons (Fsp3) is 0.182. The van der Waals surface area contributed by atoms with E-state index in [1.54, 1.807) is 0 Å². The lowest BCUT2D eigenvalue weighted by atomic mass is 10.2. The molecule has 2 aromatic carbocycles. The van der Waals surface area contributed by atoms with Crippen molar-refractivity contribution in [3.05, 3.63) is 94.4 Å². The highest BCUT2D eigenvalue weighted by atomic mass is 16.5. The van der Waals surface area contributed by atoms with Gasteiger partial charge in [0.05, 0.1) is 13.1 Å². The summed E-state index contributed by atoms with van der Waals surface area (Å²) in [7, 11) is 0. The van der Waals surface area contributed by atoms with E-state index in [-0.39, 0.29) is 36.9 Å². The fourth-order valence-electron chi connectivity index (χ4n) is 2.61. The van der Waals surface area contributed by atoms with Gasteiger partial charge in [-0.25, -0.2) is 4.68 Å². The quantitative estimate of drug-likeness (QED) is 0.559. The molecule has 3 aromatic rings. The van der Waals surface area contributed by atoms with Crippen LogP contribution in [0.3, 0.4) is 0 Å². The van der Waals surface area contributed by atoms with Gasteiger partial charge in [-0.1, -0.05) is 48.5 Å². The van der Waals surface area contributed by atoms with Gasteiger partial charge in [0.25, 0.3) is 11.5 Å². The van der Waals surface area contributed by atoms with E-state index in [0.717, 1.165) is 10.2 Å². The number of hydrogen-bond donors (Lipinski definition) is 2. The summed E-state index contributed by atoms with van der Waals surface area (Å²) in [5.41, 5.74) is 0.664. The summed E-state index contributed by atoms with van der Waals surface area (Å²) >= 11 is 0. The summed E-state index contributed by atoms with van der Waals surface area (Å²) in [5.74, 6) is -0.180. The van der Waals surface area contributed by atoms with Crippen LogP contribution in [0.1, 0.15) is 16.1 Å². The lowest BCUT2D eigenvalue weighted by Gasteiger charge is -2.09. The molecule has 0 bridgehead atoms. The first-order valence-electron chi connectivity index (χ1n) is 9.46. The van der Waals surface area contributed by atoms with Crippen LogP contribution in [0.15, 0.2) is 77.6 Å². The molecule has 30 heavy (non-hydrogen) atoms. The third kappa shape index (κ3) is 6.30. The molecule has 0 unspecified atom stereocenters. The van der Waals surface area contributed by atoms with Gasteiger partial charge in [0.2, 0.25) is 5.91 Å². The lowest BCUT2D eigenvalue weighted by Crippen LogP contribution is -2.38. The topological polar surface area (TPSA) is 102 Å². The number of para-hydroxylation sites is 1. The Morgan fingerprint density at radius 2 is 1.60 bits per heavy atom. The molecule has 0 aliphatic rings. The highest BCUT2D eigenvalue weighted by molar-refractivity contribution is 5.94. The van der Waals surface area contributed by atoms with Crippen molar-refractivity contribution in [2.45, 2.75) is 13.1 Å². The van der Waals surface area contributed by atoms with E-state index >= 15 is 0 Å². The van der Waals surface area contributed by atoms with Crippen LogP contribution < -0.4 is 20.9 Å². The second-order valence-electron chi connectivity index (χ2n) is 6.39. The maximum atomic E-state index is 12.3. The average molecular weight is 406 g/mol. The van der Waals surface area contributed by atoms with Gasteiger partial charge in [-0.3, -0.25) is 14.4 Å². The summed E-state index contributed by atoms with van der Waals surface area (Å²) in [6.07, 6.45) is 0. The van der Waals surface area contributed by atoms with Crippen LogP contribution in [0, 0.1) is 0 Å². The monoisotopic (exact) mass is 406 g/mol. The molecule has 0 spiro atoms. The van der Waals surface area contributed by atoms with Crippen molar-refractivity contribution < 1.29 is 14.3 Å². The summed E-state index contributed by atoms with van der Waals surface area (Å²) in [6, 6.07) is 21.2. The molecule has 8 nitrogen and oxygen atoms in total. The Bertz CT molecular complexity index is 1040. The first-order chi connectivity index (χ1) is 14.6. The van der Waals surface area contributed by atoms with Gasteiger partial charge in [0, 0.05) is 12.6 Å². The van der Waals surface area contributed by atoms with E-state index in [1.165, 1.54) is 12.1 Å².